The number of methoxy groups -OCH3 is 1. The van der Waals surface area contributed by atoms with Crippen LogP contribution in [-0.2, 0) is 0 Å². The molecule has 0 unspecified atom stereocenters. The largest absolute Gasteiger partial charge is 0.495 e. The molecule has 6 heteroatoms. The molecule has 0 aliphatic rings. The molecule has 0 fully saturated rings. The van der Waals surface area contributed by atoms with Gasteiger partial charge in [0.05, 0.1) is 17.7 Å². The summed E-state index contributed by atoms with van der Waals surface area (Å²) in [6.07, 6.45) is 1.52. The van der Waals surface area contributed by atoms with Crippen LogP contribution in [0.1, 0.15) is 15.9 Å². The second-order valence-corrected chi connectivity index (χ2v) is 6.13. The van der Waals surface area contributed by atoms with E-state index >= 15 is 0 Å². The minimum Gasteiger partial charge on any atom is -0.495 e. The maximum Gasteiger partial charge on any atom is 0.257 e. The van der Waals surface area contributed by atoms with Crippen molar-refractivity contribution in [1.82, 2.24) is 4.98 Å². The van der Waals surface area contributed by atoms with Crippen LogP contribution in [0.2, 0.25) is 5.02 Å². The first-order valence-corrected chi connectivity index (χ1v) is 8.37. The number of carbonyl (C=O) groups excluding carboxylic acids is 1. The highest BCUT2D eigenvalue weighted by molar-refractivity contribution is 6.32. The van der Waals surface area contributed by atoms with Gasteiger partial charge in [-0.1, -0.05) is 29.3 Å². The van der Waals surface area contributed by atoms with Crippen LogP contribution in [0, 0.1) is 6.92 Å². The van der Waals surface area contributed by atoms with Crippen LogP contribution in [0.3, 0.4) is 0 Å². The molecule has 0 saturated carbocycles. The van der Waals surface area contributed by atoms with Gasteiger partial charge in [0.1, 0.15) is 11.6 Å². The van der Waals surface area contributed by atoms with E-state index in [2.05, 4.69) is 15.6 Å². The first-order chi connectivity index (χ1) is 12.5. The van der Waals surface area contributed by atoms with Crippen LogP contribution in [0.25, 0.3) is 0 Å². The number of carbonyl (C=O) groups is 1. The summed E-state index contributed by atoms with van der Waals surface area (Å²) in [5.74, 6) is 1.01. The van der Waals surface area contributed by atoms with E-state index in [4.69, 9.17) is 16.3 Å². The molecule has 2 N–H and O–H groups in total. The predicted octanol–water partition coefficient (Wildman–Crippen LogP) is 5.05. The van der Waals surface area contributed by atoms with Crippen LogP contribution < -0.4 is 15.4 Å². The molecule has 3 rings (SSSR count). The van der Waals surface area contributed by atoms with Gasteiger partial charge in [-0.3, -0.25) is 4.79 Å². The summed E-state index contributed by atoms with van der Waals surface area (Å²) in [6.45, 7) is 2.00. The Morgan fingerprint density at radius 2 is 1.77 bits per heavy atom. The molecule has 0 aliphatic carbocycles. The van der Waals surface area contributed by atoms with E-state index in [1.54, 1.807) is 31.4 Å². The quantitative estimate of drug-likeness (QED) is 0.662. The van der Waals surface area contributed by atoms with E-state index in [0.717, 1.165) is 16.9 Å². The lowest BCUT2D eigenvalue weighted by Crippen LogP contribution is -2.12. The molecule has 1 amide bonds. The molecule has 132 valence electrons. The summed E-state index contributed by atoms with van der Waals surface area (Å²) in [7, 11) is 1.57. The number of nitrogens with zero attached hydrogens (tertiary/aromatic N) is 1. The van der Waals surface area contributed by atoms with Crippen molar-refractivity contribution in [3.8, 4) is 5.75 Å². The molecular formula is C20H18ClN3O2. The zero-order valence-electron chi connectivity index (χ0n) is 14.4. The van der Waals surface area contributed by atoms with Gasteiger partial charge >= 0.3 is 0 Å². The van der Waals surface area contributed by atoms with Crippen molar-refractivity contribution in [3.05, 3.63) is 76.9 Å². The van der Waals surface area contributed by atoms with E-state index in [1.807, 2.05) is 37.3 Å². The van der Waals surface area contributed by atoms with Crippen molar-refractivity contribution in [2.24, 2.45) is 0 Å². The van der Waals surface area contributed by atoms with E-state index in [1.165, 1.54) is 6.20 Å². The van der Waals surface area contributed by atoms with Gasteiger partial charge in [-0.05, 0) is 49.4 Å². The number of hydrogen-bond acceptors (Lipinski definition) is 4. The molecule has 26 heavy (non-hydrogen) atoms. The highest BCUT2D eigenvalue weighted by atomic mass is 35.5. The van der Waals surface area contributed by atoms with E-state index < -0.39 is 0 Å². The fourth-order valence-electron chi connectivity index (χ4n) is 2.33. The molecule has 3 aromatic rings. The molecule has 0 saturated heterocycles. The van der Waals surface area contributed by atoms with E-state index in [0.29, 0.717) is 22.2 Å². The Morgan fingerprint density at radius 1 is 1.04 bits per heavy atom. The number of halogens is 1. The van der Waals surface area contributed by atoms with Crippen LogP contribution >= 0.6 is 11.6 Å². The lowest BCUT2D eigenvalue weighted by Gasteiger charge is -2.09. The van der Waals surface area contributed by atoms with Gasteiger partial charge in [-0.15, -0.1) is 0 Å². The summed E-state index contributed by atoms with van der Waals surface area (Å²) >= 11 is 6.11. The van der Waals surface area contributed by atoms with E-state index in [-0.39, 0.29) is 5.91 Å². The highest BCUT2D eigenvalue weighted by Crippen LogP contribution is 2.28. The van der Waals surface area contributed by atoms with Crippen molar-refractivity contribution < 1.29 is 9.53 Å². The Balaban J connectivity index is 1.67. The smallest absolute Gasteiger partial charge is 0.257 e. The number of anilines is 3. The molecule has 1 heterocycles. The third-order valence-electron chi connectivity index (χ3n) is 3.76. The van der Waals surface area contributed by atoms with Crippen molar-refractivity contribution in [2.45, 2.75) is 6.92 Å². The number of aryl methyl sites for hydroxylation is 1. The summed E-state index contributed by atoms with van der Waals surface area (Å²) in [5, 5.41) is 6.49. The molecule has 5 nitrogen and oxygen atoms in total. The number of amides is 1. The fraction of sp³-hybridized carbons (Fsp3) is 0.100. The Labute approximate surface area is 157 Å². The van der Waals surface area contributed by atoms with Crippen LogP contribution in [0.5, 0.6) is 5.75 Å². The second-order valence-electron chi connectivity index (χ2n) is 5.73. The topological polar surface area (TPSA) is 63.2 Å². The second kappa shape index (κ2) is 7.89. The van der Waals surface area contributed by atoms with Crippen LogP contribution in [0.4, 0.5) is 17.2 Å². The van der Waals surface area contributed by atoms with Crippen molar-refractivity contribution in [1.29, 1.82) is 0 Å². The number of ether oxygens (including phenoxy) is 1. The third kappa shape index (κ3) is 4.32. The maximum absolute atomic E-state index is 12.3. The van der Waals surface area contributed by atoms with Gasteiger partial charge in [0.25, 0.3) is 5.91 Å². The third-order valence-corrected chi connectivity index (χ3v) is 4.05. The molecule has 0 spiro atoms. The lowest BCUT2D eigenvalue weighted by molar-refractivity contribution is 0.102. The molecule has 2 aromatic carbocycles. The summed E-state index contributed by atoms with van der Waals surface area (Å²) in [5.41, 5.74) is 3.14. The number of benzene rings is 2. The average molecular weight is 368 g/mol. The van der Waals surface area contributed by atoms with Gasteiger partial charge in [0.15, 0.2) is 0 Å². The number of pyridine rings is 1. The Morgan fingerprint density at radius 3 is 2.38 bits per heavy atom. The Bertz CT molecular complexity index is 909. The molecular weight excluding hydrogens is 350 g/mol. The van der Waals surface area contributed by atoms with Gasteiger partial charge in [0.2, 0.25) is 0 Å². The first-order valence-electron chi connectivity index (χ1n) is 8.00. The van der Waals surface area contributed by atoms with Gasteiger partial charge in [0, 0.05) is 17.6 Å². The van der Waals surface area contributed by atoms with E-state index in [9.17, 15) is 4.79 Å². The average Bonchev–Trinajstić information content (AvgIpc) is 2.64. The van der Waals surface area contributed by atoms with Crippen molar-refractivity contribution >= 4 is 34.7 Å². The van der Waals surface area contributed by atoms with Crippen LogP contribution in [0.15, 0.2) is 60.8 Å². The zero-order chi connectivity index (χ0) is 18.5. The molecule has 0 bridgehead atoms. The number of nitrogens with one attached hydrogen (secondary N) is 2. The zero-order valence-corrected chi connectivity index (χ0v) is 15.2. The van der Waals surface area contributed by atoms with Gasteiger partial charge in [-0.2, -0.15) is 0 Å². The fourth-order valence-corrected chi connectivity index (χ4v) is 2.59. The van der Waals surface area contributed by atoms with Gasteiger partial charge in [-0.25, -0.2) is 4.98 Å². The van der Waals surface area contributed by atoms with Crippen LogP contribution in [-0.4, -0.2) is 18.0 Å². The SMILES string of the molecule is COc1ccc(Nc2ccc(C(=O)Nc3ccc(C)cc3)cn2)cc1Cl. The summed E-state index contributed by atoms with van der Waals surface area (Å²) in [4.78, 5) is 16.6. The Hall–Kier alpha value is -3.05. The van der Waals surface area contributed by atoms with Crippen molar-refractivity contribution in [3.63, 3.8) is 0 Å². The monoisotopic (exact) mass is 367 g/mol. The summed E-state index contributed by atoms with van der Waals surface area (Å²) < 4.78 is 5.13. The minimum atomic E-state index is -0.208. The number of hydrogen-bond donors (Lipinski definition) is 2. The standard InChI is InChI=1S/C20H18ClN3O2/c1-13-3-6-15(7-4-13)24-20(25)14-5-10-19(22-12-14)23-16-8-9-18(26-2)17(21)11-16/h3-12H,1-2H3,(H,22,23)(H,24,25). The van der Waals surface area contributed by atoms with Crippen molar-refractivity contribution in [2.75, 3.05) is 17.7 Å². The number of rotatable bonds is 5. The Kier molecular flexibility index (Phi) is 5.39. The molecule has 1 aromatic heterocycles. The molecule has 0 radical (unpaired) electrons. The predicted molar refractivity (Wildman–Crippen MR) is 105 cm³/mol. The molecule has 0 atom stereocenters. The normalized spacial score (nSPS) is 10.3. The number of aromatic nitrogens is 1. The van der Waals surface area contributed by atoms with Gasteiger partial charge < -0.3 is 15.4 Å². The maximum atomic E-state index is 12.3. The first kappa shape index (κ1) is 17.8. The minimum absolute atomic E-state index is 0.208. The molecule has 0 aliphatic heterocycles. The lowest BCUT2D eigenvalue weighted by atomic mass is 10.2. The summed E-state index contributed by atoms with van der Waals surface area (Å²) in [6, 6.07) is 16.4. The highest BCUT2D eigenvalue weighted by Gasteiger charge is 2.08.